The van der Waals surface area contributed by atoms with E-state index in [0.29, 0.717) is 6.54 Å². The zero-order valence-corrected chi connectivity index (χ0v) is 7.40. The van der Waals surface area contributed by atoms with Crippen LogP contribution in [0.2, 0.25) is 0 Å². The van der Waals surface area contributed by atoms with Gasteiger partial charge in [-0.25, -0.2) is 0 Å². The fourth-order valence-electron chi connectivity index (χ4n) is 1.73. The second kappa shape index (κ2) is 3.36. The van der Waals surface area contributed by atoms with Crippen LogP contribution in [0.4, 0.5) is 5.69 Å². The van der Waals surface area contributed by atoms with Gasteiger partial charge in [0.2, 0.25) is 0 Å². The molecular weight excluding hydrogens is 164 g/mol. The van der Waals surface area contributed by atoms with Crippen molar-refractivity contribution in [2.75, 3.05) is 18.4 Å². The Morgan fingerprint density at radius 1 is 1.46 bits per heavy atom. The van der Waals surface area contributed by atoms with Crippen LogP contribution >= 0.6 is 0 Å². The van der Waals surface area contributed by atoms with Crippen molar-refractivity contribution in [2.45, 2.75) is 6.10 Å². The van der Waals surface area contributed by atoms with Gasteiger partial charge in [0.05, 0.1) is 6.10 Å². The summed E-state index contributed by atoms with van der Waals surface area (Å²) in [5.74, 6) is 0.134. The van der Waals surface area contributed by atoms with Crippen molar-refractivity contribution in [3.8, 4) is 0 Å². The molecule has 1 heterocycles. The Morgan fingerprint density at radius 2 is 2.23 bits per heavy atom. The number of para-hydroxylation sites is 1. The van der Waals surface area contributed by atoms with E-state index in [-0.39, 0.29) is 5.92 Å². The predicted molar refractivity (Wildman–Crippen MR) is 52.4 cm³/mol. The summed E-state index contributed by atoms with van der Waals surface area (Å²) < 4.78 is 0. The number of nitrogens with two attached hydrogens (primary N) is 1. The summed E-state index contributed by atoms with van der Waals surface area (Å²) >= 11 is 0. The minimum atomic E-state index is -0.414. The zero-order chi connectivity index (χ0) is 9.26. The van der Waals surface area contributed by atoms with Crippen LogP contribution in [0, 0.1) is 5.92 Å². The van der Waals surface area contributed by atoms with Gasteiger partial charge in [-0.2, -0.15) is 0 Å². The van der Waals surface area contributed by atoms with Crippen molar-refractivity contribution in [2.24, 2.45) is 11.7 Å². The molecule has 0 fully saturated rings. The highest BCUT2D eigenvalue weighted by atomic mass is 16.3. The predicted octanol–water partition coefficient (Wildman–Crippen LogP) is 0.720. The number of hydrogen-bond donors (Lipinski definition) is 3. The minimum Gasteiger partial charge on any atom is -0.388 e. The topological polar surface area (TPSA) is 58.3 Å². The lowest BCUT2D eigenvalue weighted by Gasteiger charge is -2.30. The molecule has 0 aromatic heterocycles. The molecule has 2 unspecified atom stereocenters. The molecule has 0 bridgehead atoms. The summed E-state index contributed by atoms with van der Waals surface area (Å²) in [5, 5.41) is 13.2. The first kappa shape index (κ1) is 8.53. The largest absolute Gasteiger partial charge is 0.388 e. The van der Waals surface area contributed by atoms with Gasteiger partial charge in [0, 0.05) is 23.7 Å². The number of fused-ring (bicyclic) bond motifs is 1. The first-order valence-corrected chi connectivity index (χ1v) is 4.54. The van der Waals surface area contributed by atoms with E-state index in [1.54, 1.807) is 0 Å². The van der Waals surface area contributed by atoms with Crippen molar-refractivity contribution in [3.63, 3.8) is 0 Å². The third kappa shape index (κ3) is 1.41. The minimum absolute atomic E-state index is 0.134. The maximum absolute atomic E-state index is 9.90. The third-order valence-electron chi connectivity index (χ3n) is 2.58. The van der Waals surface area contributed by atoms with Gasteiger partial charge in [-0.1, -0.05) is 18.2 Å². The molecule has 0 spiro atoms. The summed E-state index contributed by atoms with van der Waals surface area (Å²) in [5.41, 5.74) is 7.54. The molecule has 3 heteroatoms. The molecule has 1 aliphatic heterocycles. The standard InChI is InChI=1S/C10H14N2O/c11-5-7-6-12-9-4-2-1-3-8(9)10(7)13/h1-4,7,10,12-13H,5-6,11H2. The molecule has 0 saturated carbocycles. The number of anilines is 1. The number of rotatable bonds is 1. The summed E-state index contributed by atoms with van der Waals surface area (Å²) in [4.78, 5) is 0. The first-order valence-electron chi connectivity index (χ1n) is 4.54. The van der Waals surface area contributed by atoms with Gasteiger partial charge < -0.3 is 16.2 Å². The average molecular weight is 178 g/mol. The number of aliphatic hydroxyl groups is 1. The normalized spacial score (nSPS) is 26.3. The fraction of sp³-hybridized carbons (Fsp3) is 0.400. The van der Waals surface area contributed by atoms with Gasteiger partial charge in [-0.15, -0.1) is 0 Å². The van der Waals surface area contributed by atoms with E-state index in [1.807, 2.05) is 24.3 Å². The molecular formula is C10H14N2O. The van der Waals surface area contributed by atoms with E-state index in [2.05, 4.69) is 5.32 Å². The molecule has 0 aliphatic carbocycles. The molecule has 4 N–H and O–H groups in total. The molecule has 70 valence electrons. The Hall–Kier alpha value is -1.06. The van der Waals surface area contributed by atoms with Crippen LogP contribution in [0.5, 0.6) is 0 Å². The molecule has 3 nitrogen and oxygen atoms in total. The maximum Gasteiger partial charge on any atom is 0.0867 e. The van der Waals surface area contributed by atoms with E-state index in [0.717, 1.165) is 17.8 Å². The van der Waals surface area contributed by atoms with Crippen LogP contribution in [-0.4, -0.2) is 18.2 Å². The second-order valence-corrected chi connectivity index (χ2v) is 3.41. The van der Waals surface area contributed by atoms with Crippen LogP contribution in [0.15, 0.2) is 24.3 Å². The fourth-order valence-corrected chi connectivity index (χ4v) is 1.73. The van der Waals surface area contributed by atoms with Crippen molar-refractivity contribution in [3.05, 3.63) is 29.8 Å². The lowest BCUT2D eigenvalue weighted by molar-refractivity contribution is 0.114. The van der Waals surface area contributed by atoms with Gasteiger partial charge in [-0.05, 0) is 12.6 Å². The van der Waals surface area contributed by atoms with E-state index in [4.69, 9.17) is 5.73 Å². The Balaban J connectivity index is 2.33. The van der Waals surface area contributed by atoms with E-state index in [9.17, 15) is 5.11 Å². The monoisotopic (exact) mass is 178 g/mol. The maximum atomic E-state index is 9.90. The highest BCUT2D eigenvalue weighted by Crippen LogP contribution is 2.32. The summed E-state index contributed by atoms with van der Waals surface area (Å²) in [6.45, 7) is 1.27. The van der Waals surface area contributed by atoms with E-state index < -0.39 is 6.10 Å². The molecule has 2 rings (SSSR count). The Bertz CT molecular complexity index is 301. The molecule has 13 heavy (non-hydrogen) atoms. The van der Waals surface area contributed by atoms with Gasteiger partial charge in [-0.3, -0.25) is 0 Å². The number of nitrogens with one attached hydrogen (secondary N) is 1. The SMILES string of the molecule is NCC1CNc2ccccc2C1O. The molecule has 0 saturated heterocycles. The molecule has 1 aromatic rings. The second-order valence-electron chi connectivity index (χ2n) is 3.41. The lowest BCUT2D eigenvalue weighted by atomic mass is 9.91. The smallest absolute Gasteiger partial charge is 0.0867 e. The molecule has 0 radical (unpaired) electrons. The van der Waals surface area contributed by atoms with Crippen molar-refractivity contribution < 1.29 is 5.11 Å². The van der Waals surface area contributed by atoms with Gasteiger partial charge in [0.25, 0.3) is 0 Å². The van der Waals surface area contributed by atoms with Crippen LogP contribution in [0.1, 0.15) is 11.7 Å². The molecule has 2 atom stereocenters. The van der Waals surface area contributed by atoms with E-state index >= 15 is 0 Å². The summed E-state index contributed by atoms with van der Waals surface area (Å²) in [6, 6.07) is 7.81. The quantitative estimate of drug-likeness (QED) is 0.594. The van der Waals surface area contributed by atoms with Crippen molar-refractivity contribution in [1.82, 2.24) is 0 Å². The first-order chi connectivity index (χ1) is 6.33. The van der Waals surface area contributed by atoms with Crippen LogP contribution in [0.3, 0.4) is 0 Å². The highest BCUT2D eigenvalue weighted by molar-refractivity contribution is 5.54. The lowest BCUT2D eigenvalue weighted by Crippen LogP contribution is -2.33. The Morgan fingerprint density at radius 3 is 3.00 bits per heavy atom. The summed E-state index contributed by atoms with van der Waals surface area (Å²) in [6.07, 6.45) is -0.414. The molecule has 1 aromatic carbocycles. The zero-order valence-electron chi connectivity index (χ0n) is 7.40. The van der Waals surface area contributed by atoms with Crippen LogP contribution in [0.25, 0.3) is 0 Å². The van der Waals surface area contributed by atoms with Gasteiger partial charge in [0.15, 0.2) is 0 Å². The van der Waals surface area contributed by atoms with Crippen molar-refractivity contribution >= 4 is 5.69 Å². The molecule has 0 amide bonds. The van der Waals surface area contributed by atoms with Gasteiger partial charge in [0.1, 0.15) is 0 Å². The van der Waals surface area contributed by atoms with Gasteiger partial charge >= 0.3 is 0 Å². The third-order valence-corrected chi connectivity index (χ3v) is 2.58. The number of benzene rings is 1. The van der Waals surface area contributed by atoms with E-state index in [1.165, 1.54) is 0 Å². The van der Waals surface area contributed by atoms with Crippen LogP contribution in [-0.2, 0) is 0 Å². The van der Waals surface area contributed by atoms with Crippen molar-refractivity contribution in [1.29, 1.82) is 0 Å². The molecule has 1 aliphatic rings. The Kier molecular flexibility index (Phi) is 2.20. The summed E-state index contributed by atoms with van der Waals surface area (Å²) in [7, 11) is 0. The van der Waals surface area contributed by atoms with Crippen LogP contribution < -0.4 is 11.1 Å². The number of hydrogen-bond acceptors (Lipinski definition) is 3. The average Bonchev–Trinajstić information content (AvgIpc) is 2.19. The highest BCUT2D eigenvalue weighted by Gasteiger charge is 2.25. The number of aliphatic hydroxyl groups excluding tert-OH is 1. The Labute approximate surface area is 77.6 Å².